The summed E-state index contributed by atoms with van der Waals surface area (Å²) in [6.07, 6.45) is 6.34. The maximum absolute atomic E-state index is 12.6. The van der Waals surface area contributed by atoms with Crippen molar-refractivity contribution in [1.29, 1.82) is 0 Å². The van der Waals surface area contributed by atoms with E-state index in [1.165, 1.54) is 5.56 Å². The van der Waals surface area contributed by atoms with Crippen LogP contribution in [0.2, 0.25) is 0 Å². The maximum atomic E-state index is 12.6. The molecule has 0 spiro atoms. The third-order valence-corrected chi connectivity index (χ3v) is 5.87. The molecule has 0 aliphatic carbocycles. The Morgan fingerprint density at radius 2 is 2.07 bits per heavy atom. The average molecular weight is 391 g/mol. The average Bonchev–Trinajstić information content (AvgIpc) is 3.35. The fourth-order valence-corrected chi connectivity index (χ4v) is 4.47. The minimum absolute atomic E-state index is 0.209. The molecule has 0 saturated carbocycles. The van der Waals surface area contributed by atoms with E-state index in [0.717, 1.165) is 48.4 Å². The fraction of sp³-hybridized carbons (Fsp3) is 0.409. The van der Waals surface area contributed by atoms with E-state index in [-0.39, 0.29) is 12.0 Å². The van der Waals surface area contributed by atoms with E-state index >= 15 is 0 Å². The Morgan fingerprint density at radius 1 is 1.24 bits per heavy atom. The molecular formula is C22H25N5O2. The van der Waals surface area contributed by atoms with Gasteiger partial charge in [0.25, 0.3) is 0 Å². The number of imidazole rings is 1. The molecule has 29 heavy (non-hydrogen) atoms. The first-order chi connectivity index (χ1) is 14.2. The second-order valence-corrected chi connectivity index (χ2v) is 8.03. The van der Waals surface area contributed by atoms with Gasteiger partial charge in [-0.1, -0.05) is 30.3 Å². The van der Waals surface area contributed by atoms with Gasteiger partial charge in [0.2, 0.25) is 0 Å². The minimum atomic E-state index is -0.246. The zero-order valence-electron chi connectivity index (χ0n) is 16.5. The van der Waals surface area contributed by atoms with Gasteiger partial charge in [0.05, 0.1) is 11.2 Å². The first kappa shape index (κ1) is 18.0. The number of anilines is 1. The number of nitrogens with zero attached hydrogens (tertiary/aromatic N) is 4. The van der Waals surface area contributed by atoms with E-state index in [1.54, 1.807) is 0 Å². The molecule has 7 heteroatoms. The number of amides is 1. The van der Waals surface area contributed by atoms with Crippen LogP contribution in [0.25, 0.3) is 5.52 Å². The number of piperidine rings is 1. The highest BCUT2D eigenvalue weighted by molar-refractivity contribution is 5.71. The van der Waals surface area contributed by atoms with Gasteiger partial charge in [0.15, 0.2) is 0 Å². The Hall–Kier alpha value is -3.09. The van der Waals surface area contributed by atoms with E-state index in [4.69, 9.17) is 9.72 Å². The monoisotopic (exact) mass is 391 g/mol. The molecule has 4 heterocycles. The van der Waals surface area contributed by atoms with Gasteiger partial charge in [-0.2, -0.15) is 0 Å². The summed E-state index contributed by atoms with van der Waals surface area (Å²) in [7, 11) is 0. The number of carbonyl (C=O) groups is 1. The predicted octanol–water partition coefficient (Wildman–Crippen LogP) is 3.60. The van der Waals surface area contributed by atoms with Gasteiger partial charge in [-0.05, 0) is 31.7 Å². The number of hydrogen-bond acceptors (Lipinski definition) is 5. The van der Waals surface area contributed by atoms with Gasteiger partial charge in [0.1, 0.15) is 25.1 Å². The lowest BCUT2D eigenvalue weighted by atomic mass is 9.93. The molecule has 2 aliphatic heterocycles. The molecule has 2 aliphatic rings. The summed E-state index contributed by atoms with van der Waals surface area (Å²) >= 11 is 0. The van der Waals surface area contributed by atoms with Crippen LogP contribution in [0, 0.1) is 0 Å². The number of benzene rings is 1. The summed E-state index contributed by atoms with van der Waals surface area (Å²) in [6, 6.07) is 10.2. The van der Waals surface area contributed by atoms with Crippen molar-refractivity contribution in [2.24, 2.45) is 0 Å². The van der Waals surface area contributed by atoms with Crippen LogP contribution >= 0.6 is 0 Å². The fourth-order valence-electron chi connectivity index (χ4n) is 4.47. The zero-order valence-corrected chi connectivity index (χ0v) is 16.5. The summed E-state index contributed by atoms with van der Waals surface area (Å²) in [5.74, 6) is 1.17. The number of likely N-dealkylation sites (tertiary alicyclic amines) is 1. The van der Waals surface area contributed by atoms with Crippen LogP contribution in [0.1, 0.15) is 42.5 Å². The van der Waals surface area contributed by atoms with Crippen LogP contribution < -0.4 is 5.32 Å². The molecule has 2 aromatic heterocycles. The molecule has 0 bridgehead atoms. The van der Waals surface area contributed by atoms with E-state index < -0.39 is 0 Å². The Balaban J connectivity index is 1.34. The molecule has 150 valence electrons. The van der Waals surface area contributed by atoms with Crippen molar-refractivity contribution in [2.75, 3.05) is 18.4 Å². The Morgan fingerprint density at radius 3 is 2.93 bits per heavy atom. The van der Waals surface area contributed by atoms with Gasteiger partial charge in [-0.25, -0.2) is 14.8 Å². The van der Waals surface area contributed by atoms with Crippen LogP contribution in [0.3, 0.4) is 0 Å². The predicted molar refractivity (Wildman–Crippen MR) is 110 cm³/mol. The van der Waals surface area contributed by atoms with Crippen molar-refractivity contribution in [3.05, 3.63) is 59.8 Å². The van der Waals surface area contributed by atoms with Crippen molar-refractivity contribution in [3.63, 3.8) is 0 Å². The first-order valence-electron chi connectivity index (χ1n) is 10.3. The summed E-state index contributed by atoms with van der Waals surface area (Å²) in [5.41, 5.74) is 4.45. The van der Waals surface area contributed by atoms with E-state index in [0.29, 0.717) is 19.2 Å². The Bertz CT molecular complexity index is 1030. The van der Waals surface area contributed by atoms with Crippen LogP contribution in [0.15, 0.2) is 43.0 Å². The van der Waals surface area contributed by atoms with E-state index in [9.17, 15) is 4.79 Å². The highest BCUT2D eigenvalue weighted by Crippen LogP contribution is 2.35. The van der Waals surface area contributed by atoms with Gasteiger partial charge in [0, 0.05) is 30.6 Å². The Kier molecular flexibility index (Phi) is 4.58. The number of nitrogens with one attached hydrogen (secondary N) is 1. The minimum Gasteiger partial charge on any atom is -0.445 e. The molecule has 2 atom stereocenters. The van der Waals surface area contributed by atoms with E-state index in [2.05, 4.69) is 17.2 Å². The number of fused-ring (bicyclic) bond motifs is 3. The summed E-state index contributed by atoms with van der Waals surface area (Å²) in [4.78, 5) is 23.7. The quantitative estimate of drug-likeness (QED) is 0.739. The lowest BCUT2D eigenvalue weighted by molar-refractivity contribution is 0.0857. The van der Waals surface area contributed by atoms with Crippen LogP contribution in [0.4, 0.5) is 10.6 Å². The third kappa shape index (κ3) is 3.41. The number of ether oxygens (including phenoxy) is 1. The van der Waals surface area contributed by atoms with Crippen molar-refractivity contribution in [2.45, 2.75) is 44.8 Å². The number of carbonyl (C=O) groups excluding carboxylic acids is 1. The van der Waals surface area contributed by atoms with Crippen LogP contribution in [0.5, 0.6) is 0 Å². The standard InChI is InChI=1S/C22H25N5O2/c1-15-10-18-20-19(23-13-27(20)14-24-21(18)25-15)17-8-5-9-26(11-17)22(28)29-12-16-6-3-2-4-7-16/h2-4,6-7,13-15,17,25H,5,8-12H2,1H3. The molecule has 1 fully saturated rings. The van der Waals surface area contributed by atoms with Gasteiger partial charge in [-0.3, -0.25) is 4.40 Å². The first-order valence-corrected chi connectivity index (χ1v) is 10.3. The lowest BCUT2D eigenvalue weighted by Crippen LogP contribution is -2.39. The second kappa shape index (κ2) is 7.39. The molecule has 3 aromatic rings. The van der Waals surface area contributed by atoms with Gasteiger partial charge >= 0.3 is 6.09 Å². The molecule has 1 N–H and O–H groups in total. The zero-order chi connectivity index (χ0) is 19.8. The summed E-state index contributed by atoms with van der Waals surface area (Å²) < 4.78 is 7.56. The summed E-state index contributed by atoms with van der Waals surface area (Å²) in [5, 5.41) is 3.43. The smallest absolute Gasteiger partial charge is 0.410 e. The van der Waals surface area contributed by atoms with Crippen molar-refractivity contribution >= 4 is 17.4 Å². The third-order valence-electron chi connectivity index (χ3n) is 5.87. The number of hydrogen-bond donors (Lipinski definition) is 1. The molecule has 1 aromatic carbocycles. The number of rotatable bonds is 3. The van der Waals surface area contributed by atoms with Gasteiger partial charge in [-0.15, -0.1) is 0 Å². The SMILES string of the molecule is CC1Cc2c(ncn3cnc(C4CCCN(C(=O)OCc5ccccc5)C4)c23)N1. The number of aromatic nitrogens is 3. The van der Waals surface area contributed by atoms with Crippen molar-refractivity contribution in [1.82, 2.24) is 19.3 Å². The van der Waals surface area contributed by atoms with Crippen molar-refractivity contribution in [3.8, 4) is 0 Å². The maximum Gasteiger partial charge on any atom is 0.410 e. The molecule has 5 rings (SSSR count). The molecule has 1 amide bonds. The summed E-state index contributed by atoms with van der Waals surface area (Å²) in [6.45, 7) is 3.84. The topological polar surface area (TPSA) is 71.8 Å². The van der Waals surface area contributed by atoms with Crippen molar-refractivity contribution < 1.29 is 9.53 Å². The molecule has 7 nitrogen and oxygen atoms in total. The van der Waals surface area contributed by atoms with Gasteiger partial charge < -0.3 is 15.0 Å². The highest BCUT2D eigenvalue weighted by atomic mass is 16.6. The highest BCUT2D eigenvalue weighted by Gasteiger charge is 2.31. The molecular weight excluding hydrogens is 366 g/mol. The largest absolute Gasteiger partial charge is 0.445 e. The second-order valence-electron chi connectivity index (χ2n) is 8.03. The normalized spacial score (nSPS) is 21.1. The van der Waals surface area contributed by atoms with E-state index in [1.807, 2.05) is 52.3 Å². The van der Waals surface area contributed by atoms with Crippen LogP contribution in [-0.2, 0) is 17.8 Å². The lowest BCUT2D eigenvalue weighted by Gasteiger charge is -2.31. The molecule has 0 radical (unpaired) electrons. The molecule has 1 saturated heterocycles. The molecule has 2 unspecified atom stereocenters. The Labute approximate surface area is 169 Å². The van der Waals surface area contributed by atoms with Crippen LogP contribution in [-0.4, -0.2) is 44.5 Å².